The summed E-state index contributed by atoms with van der Waals surface area (Å²) in [6, 6.07) is 0.666. The molecule has 0 aliphatic heterocycles. The molecule has 0 spiro atoms. The second-order valence-corrected chi connectivity index (χ2v) is 3.40. The highest BCUT2D eigenvalue weighted by molar-refractivity contribution is 6.17. The number of hydrogen-bond donors (Lipinski definition) is 1. The van der Waals surface area contributed by atoms with Gasteiger partial charge in [0.1, 0.15) is 0 Å². The predicted octanol–water partition coefficient (Wildman–Crippen LogP) is 2.49. The van der Waals surface area contributed by atoms with E-state index in [1.54, 1.807) is 0 Å². The summed E-state index contributed by atoms with van der Waals surface area (Å²) in [6.07, 6.45) is -5.80. The Labute approximate surface area is 103 Å². The number of ether oxygens (including phenoxy) is 1. The average molecular weight is 288 g/mol. The summed E-state index contributed by atoms with van der Waals surface area (Å²) >= 11 is 5.41. The summed E-state index contributed by atoms with van der Waals surface area (Å²) in [5.41, 5.74) is -0.288. The highest BCUT2D eigenvalue weighted by atomic mass is 35.5. The molecule has 0 saturated heterocycles. The van der Waals surface area contributed by atoms with Gasteiger partial charge in [0.25, 0.3) is 5.88 Å². The number of aliphatic carboxylic acids is 1. The van der Waals surface area contributed by atoms with E-state index in [9.17, 15) is 22.4 Å². The molecule has 1 rings (SSSR count). The normalized spacial score (nSPS) is 11.4. The molecule has 0 fully saturated rings. The minimum Gasteiger partial charge on any atom is -0.481 e. The van der Waals surface area contributed by atoms with Gasteiger partial charge in [-0.3, -0.25) is 4.79 Å². The Morgan fingerprint density at radius 3 is 2.56 bits per heavy atom. The fourth-order valence-corrected chi connectivity index (χ4v) is 1.37. The molecule has 0 atom stereocenters. The largest absolute Gasteiger partial charge is 0.574 e. The Balaban J connectivity index is 3.16. The molecule has 0 unspecified atom stereocenters. The number of nitrogens with zero attached hydrogens (tertiary/aromatic N) is 1. The van der Waals surface area contributed by atoms with Crippen LogP contribution in [0.25, 0.3) is 0 Å². The molecule has 1 aromatic rings. The molecule has 0 amide bonds. The molecule has 0 aliphatic carbocycles. The van der Waals surface area contributed by atoms with E-state index in [1.165, 1.54) is 0 Å². The first-order valence-electron chi connectivity index (χ1n) is 4.44. The lowest BCUT2D eigenvalue weighted by molar-refractivity contribution is -0.277. The van der Waals surface area contributed by atoms with Gasteiger partial charge in [-0.25, -0.2) is 9.37 Å². The van der Waals surface area contributed by atoms with Gasteiger partial charge in [-0.05, 0) is 11.6 Å². The van der Waals surface area contributed by atoms with E-state index in [1.807, 2.05) is 0 Å². The summed E-state index contributed by atoms with van der Waals surface area (Å²) in [7, 11) is 0. The lowest BCUT2D eigenvalue weighted by Gasteiger charge is -2.11. The number of carboxylic acids is 1. The van der Waals surface area contributed by atoms with Crippen LogP contribution in [0.5, 0.6) is 5.88 Å². The number of rotatable bonds is 4. The van der Waals surface area contributed by atoms with E-state index in [2.05, 4.69) is 9.72 Å². The summed E-state index contributed by atoms with van der Waals surface area (Å²) in [4.78, 5) is 13.7. The minimum atomic E-state index is -5.11. The Morgan fingerprint density at radius 1 is 1.50 bits per heavy atom. The van der Waals surface area contributed by atoms with E-state index in [0.717, 1.165) is 0 Å². The van der Waals surface area contributed by atoms with Crippen LogP contribution in [0.15, 0.2) is 6.07 Å². The van der Waals surface area contributed by atoms with Crippen molar-refractivity contribution in [3.63, 3.8) is 0 Å². The topological polar surface area (TPSA) is 59.4 Å². The van der Waals surface area contributed by atoms with Crippen LogP contribution in [0.2, 0.25) is 0 Å². The van der Waals surface area contributed by atoms with Crippen molar-refractivity contribution in [2.24, 2.45) is 0 Å². The SMILES string of the molecule is O=C(O)Cc1nc(OC(F)(F)F)c(F)cc1CCl. The molecule has 18 heavy (non-hydrogen) atoms. The number of alkyl halides is 4. The smallest absolute Gasteiger partial charge is 0.481 e. The number of carboxylic acid groups (broad SMARTS) is 1. The van der Waals surface area contributed by atoms with Crippen LogP contribution >= 0.6 is 11.6 Å². The molecular formula is C9H6ClF4NO3. The van der Waals surface area contributed by atoms with Crippen LogP contribution in [0.1, 0.15) is 11.3 Å². The third-order valence-corrected chi connectivity index (χ3v) is 2.08. The number of pyridine rings is 1. The van der Waals surface area contributed by atoms with Gasteiger partial charge >= 0.3 is 12.3 Å². The second kappa shape index (κ2) is 5.38. The maximum absolute atomic E-state index is 13.2. The Morgan fingerprint density at radius 2 is 2.11 bits per heavy atom. The summed E-state index contributed by atoms with van der Waals surface area (Å²) in [5, 5.41) is 8.54. The van der Waals surface area contributed by atoms with Gasteiger partial charge in [-0.1, -0.05) is 0 Å². The molecule has 1 heterocycles. The molecule has 1 N–H and O–H groups in total. The minimum absolute atomic E-state index is 0.00825. The molecule has 0 saturated carbocycles. The van der Waals surface area contributed by atoms with Gasteiger partial charge in [0.15, 0.2) is 5.82 Å². The summed E-state index contributed by atoms with van der Waals surface area (Å²) in [6.45, 7) is 0. The molecule has 0 aromatic carbocycles. The highest BCUT2D eigenvalue weighted by Crippen LogP contribution is 2.26. The second-order valence-electron chi connectivity index (χ2n) is 3.13. The van der Waals surface area contributed by atoms with Crippen molar-refractivity contribution < 1.29 is 32.2 Å². The van der Waals surface area contributed by atoms with Gasteiger partial charge in [-0.2, -0.15) is 0 Å². The molecule has 0 bridgehead atoms. The van der Waals surface area contributed by atoms with E-state index >= 15 is 0 Å². The first-order chi connectivity index (χ1) is 8.23. The lowest BCUT2D eigenvalue weighted by atomic mass is 10.1. The first kappa shape index (κ1) is 14.5. The molecule has 100 valence electrons. The molecule has 9 heteroatoms. The van der Waals surface area contributed by atoms with Crippen molar-refractivity contribution in [1.82, 2.24) is 4.98 Å². The van der Waals surface area contributed by atoms with Crippen molar-refractivity contribution >= 4 is 17.6 Å². The molecule has 0 aliphatic rings. The van der Waals surface area contributed by atoms with Crippen molar-refractivity contribution in [2.45, 2.75) is 18.7 Å². The monoisotopic (exact) mass is 287 g/mol. The average Bonchev–Trinajstić information content (AvgIpc) is 2.19. The molecular weight excluding hydrogens is 282 g/mol. The first-order valence-corrected chi connectivity index (χ1v) is 4.98. The Kier molecular flexibility index (Phi) is 4.33. The maximum Gasteiger partial charge on any atom is 0.574 e. The summed E-state index contributed by atoms with van der Waals surface area (Å²) in [5.74, 6) is -4.30. The van der Waals surface area contributed by atoms with Crippen molar-refractivity contribution in [1.29, 1.82) is 0 Å². The Bertz CT molecular complexity index is 464. The predicted molar refractivity (Wildman–Crippen MR) is 51.8 cm³/mol. The Hall–Kier alpha value is -1.57. The van der Waals surface area contributed by atoms with E-state index < -0.39 is 30.4 Å². The number of hydrogen-bond acceptors (Lipinski definition) is 3. The highest BCUT2D eigenvalue weighted by Gasteiger charge is 2.33. The van der Waals surface area contributed by atoms with Crippen LogP contribution in [0, 0.1) is 5.82 Å². The van der Waals surface area contributed by atoms with E-state index in [-0.39, 0.29) is 17.1 Å². The van der Waals surface area contributed by atoms with E-state index in [0.29, 0.717) is 6.07 Å². The van der Waals surface area contributed by atoms with E-state index in [4.69, 9.17) is 16.7 Å². The number of halogens is 5. The zero-order chi connectivity index (χ0) is 13.9. The molecule has 0 radical (unpaired) electrons. The number of aromatic nitrogens is 1. The number of carbonyl (C=O) groups is 1. The van der Waals surface area contributed by atoms with Crippen LogP contribution < -0.4 is 4.74 Å². The quantitative estimate of drug-likeness (QED) is 0.683. The molecule has 4 nitrogen and oxygen atoms in total. The third-order valence-electron chi connectivity index (χ3n) is 1.79. The van der Waals surface area contributed by atoms with Gasteiger partial charge in [0, 0.05) is 5.88 Å². The maximum atomic E-state index is 13.2. The van der Waals surface area contributed by atoms with Crippen LogP contribution in [-0.4, -0.2) is 22.4 Å². The van der Waals surface area contributed by atoms with Gasteiger partial charge in [0.05, 0.1) is 12.1 Å². The zero-order valence-corrected chi connectivity index (χ0v) is 9.35. The fraction of sp³-hybridized carbons (Fsp3) is 0.333. The lowest BCUT2D eigenvalue weighted by Crippen LogP contribution is -2.20. The van der Waals surface area contributed by atoms with Gasteiger partial charge in [0.2, 0.25) is 0 Å². The van der Waals surface area contributed by atoms with Crippen molar-refractivity contribution in [3.8, 4) is 5.88 Å². The van der Waals surface area contributed by atoms with Crippen LogP contribution in [0.4, 0.5) is 17.6 Å². The summed E-state index contributed by atoms with van der Waals surface area (Å²) < 4.78 is 52.3. The van der Waals surface area contributed by atoms with Crippen LogP contribution in [0.3, 0.4) is 0 Å². The third kappa shape index (κ3) is 4.02. The zero-order valence-electron chi connectivity index (χ0n) is 8.59. The van der Waals surface area contributed by atoms with Gasteiger partial charge in [-0.15, -0.1) is 24.8 Å². The van der Waals surface area contributed by atoms with Crippen molar-refractivity contribution in [2.75, 3.05) is 0 Å². The fourth-order valence-electron chi connectivity index (χ4n) is 1.14. The van der Waals surface area contributed by atoms with Crippen LogP contribution in [-0.2, 0) is 17.1 Å². The van der Waals surface area contributed by atoms with Crippen molar-refractivity contribution in [3.05, 3.63) is 23.1 Å². The molecule has 1 aromatic heterocycles. The van der Waals surface area contributed by atoms with Gasteiger partial charge < -0.3 is 9.84 Å². The standard InChI is InChI=1S/C9H6ClF4NO3/c10-3-4-1-5(11)8(18-9(12,13)14)15-6(4)2-7(16)17/h1H,2-3H2,(H,16,17).